The first-order valence-electron chi connectivity index (χ1n) is 6.34. The van der Waals surface area contributed by atoms with Gasteiger partial charge in [-0.05, 0) is 13.8 Å². The van der Waals surface area contributed by atoms with E-state index in [0.29, 0.717) is 23.7 Å². The molecular formula is C12H15N2NaO4S2. The summed E-state index contributed by atoms with van der Waals surface area (Å²) < 4.78 is 0.501. The van der Waals surface area contributed by atoms with E-state index in [1.165, 1.54) is 28.4 Å². The summed E-state index contributed by atoms with van der Waals surface area (Å²) in [5.41, 5.74) is -0.0754. The number of β-lactam (4-membered cyclic amide) rings is 1. The number of carbonyl (C=O) groups excluding carboxylic acids is 3. The molecule has 110 valence electrons. The largest absolute Gasteiger partial charge is 1.00 e. The molecule has 0 aromatic rings. The topological polar surface area (TPSA) is 80.8 Å². The zero-order chi connectivity index (χ0) is 14.9. The molecule has 2 amide bonds. The summed E-state index contributed by atoms with van der Waals surface area (Å²) >= 11 is 2.50. The SMILES string of the molecule is CCN(CC)C(=O)CSC1=C(C(=O)[O-])N2C(=O)C[C@@H]2S1.[Na+]. The number of carboxylic acid groups (broad SMARTS) is 1. The third-order valence-corrected chi connectivity index (χ3v) is 5.77. The predicted molar refractivity (Wildman–Crippen MR) is 75.3 cm³/mol. The molecule has 1 saturated heterocycles. The first-order valence-corrected chi connectivity index (χ1v) is 8.21. The Morgan fingerprint density at radius 1 is 1.43 bits per heavy atom. The summed E-state index contributed by atoms with van der Waals surface area (Å²) in [6, 6.07) is 0. The molecular weight excluding hydrogens is 323 g/mol. The smallest absolute Gasteiger partial charge is 0.543 e. The number of nitrogens with zero attached hydrogens (tertiary/aromatic N) is 2. The summed E-state index contributed by atoms with van der Waals surface area (Å²) in [5, 5.41) is 11.0. The van der Waals surface area contributed by atoms with Crippen molar-refractivity contribution >= 4 is 41.3 Å². The number of carboxylic acids is 1. The second-order valence-electron chi connectivity index (χ2n) is 4.32. The maximum atomic E-state index is 11.9. The maximum Gasteiger partial charge on any atom is 1.00 e. The van der Waals surface area contributed by atoms with Crippen LogP contribution in [0.1, 0.15) is 20.3 Å². The molecule has 6 nitrogen and oxygen atoms in total. The van der Waals surface area contributed by atoms with E-state index in [9.17, 15) is 19.5 Å². The third-order valence-electron chi connectivity index (χ3n) is 3.22. The molecule has 2 rings (SSSR count). The Morgan fingerprint density at radius 3 is 2.52 bits per heavy atom. The number of aliphatic carboxylic acids is 1. The number of fused-ring (bicyclic) bond motifs is 1. The van der Waals surface area contributed by atoms with E-state index in [1.54, 1.807) is 4.90 Å². The van der Waals surface area contributed by atoms with Crippen molar-refractivity contribution in [1.29, 1.82) is 0 Å². The summed E-state index contributed by atoms with van der Waals surface area (Å²) in [6.45, 7) is 5.05. The summed E-state index contributed by atoms with van der Waals surface area (Å²) in [6.07, 6.45) is 0.343. The standard InChI is InChI=1S/C12H16N2O4S2.Na/c1-3-13(4-2)8(16)6-19-12-10(11(17)18)14-7(15)5-9(14)20-12;/h9H,3-6H2,1-2H3,(H,17,18);/q;+1/p-1/t9-;/m0./s1. The molecule has 0 radical (unpaired) electrons. The van der Waals surface area contributed by atoms with Crippen LogP contribution >= 0.6 is 23.5 Å². The zero-order valence-electron chi connectivity index (χ0n) is 12.2. The minimum Gasteiger partial charge on any atom is -0.543 e. The van der Waals surface area contributed by atoms with E-state index in [4.69, 9.17) is 0 Å². The zero-order valence-corrected chi connectivity index (χ0v) is 15.9. The van der Waals surface area contributed by atoms with Crippen molar-refractivity contribution in [2.45, 2.75) is 25.6 Å². The van der Waals surface area contributed by atoms with Crippen LogP contribution in [0.3, 0.4) is 0 Å². The number of amides is 2. The van der Waals surface area contributed by atoms with E-state index < -0.39 is 5.97 Å². The second kappa shape index (κ2) is 7.92. The van der Waals surface area contributed by atoms with Gasteiger partial charge in [-0.2, -0.15) is 0 Å². The van der Waals surface area contributed by atoms with E-state index in [2.05, 4.69) is 0 Å². The molecule has 0 N–H and O–H groups in total. The van der Waals surface area contributed by atoms with Crippen molar-refractivity contribution in [3.8, 4) is 0 Å². The Balaban J connectivity index is 0.00000220. The third kappa shape index (κ3) is 3.79. The molecule has 0 saturated carbocycles. The fourth-order valence-corrected chi connectivity index (χ4v) is 4.74. The van der Waals surface area contributed by atoms with Gasteiger partial charge in [0.1, 0.15) is 0 Å². The van der Waals surface area contributed by atoms with E-state index in [1.807, 2.05) is 13.8 Å². The van der Waals surface area contributed by atoms with Crippen molar-refractivity contribution in [2.24, 2.45) is 0 Å². The van der Waals surface area contributed by atoms with Gasteiger partial charge in [0.2, 0.25) is 11.8 Å². The number of carbonyl (C=O) groups is 3. The van der Waals surface area contributed by atoms with Crippen LogP contribution in [-0.2, 0) is 14.4 Å². The van der Waals surface area contributed by atoms with Crippen molar-refractivity contribution in [1.82, 2.24) is 9.80 Å². The second-order valence-corrected chi connectivity index (χ2v) is 6.75. The van der Waals surface area contributed by atoms with Crippen molar-refractivity contribution in [2.75, 3.05) is 18.8 Å². The van der Waals surface area contributed by atoms with Gasteiger partial charge in [-0.1, -0.05) is 11.8 Å². The van der Waals surface area contributed by atoms with Crippen molar-refractivity contribution in [3.05, 3.63) is 9.93 Å². The number of rotatable bonds is 6. The van der Waals surface area contributed by atoms with Crippen LogP contribution in [0.25, 0.3) is 0 Å². The molecule has 2 aliphatic rings. The molecule has 1 fully saturated rings. The molecule has 0 aromatic heterocycles. The Hall–Kier alpha value is -0.150. The first-order chi connectivity index (χ1) is 9.49. The Bertz CT molecular complexity index is 494. The number of hydrogen-bond acceptors (Lipinski definition) is 6. The molecule has 1 atom stereocenters. The minimum absolute atomic E-state index is 0. The predicted octanol–water partition coefficient (Wildman–Crippen LogP) is -3.18. The van der Waals surface area contributed by atoms with Crippen LogP contribution in [0.5, 0.6) is 0 Å². The first kappa shape index (κ1) is 18.9. The number of hydrogen-bond donors (Lipinski definition) is 0. The van der Waals surface area contributed by atoms with Crippen molar-refractivity contribution < 1.29 is 49.0 Å². The fraction of sp³-hybridized carbons (Fsp3) is 0.583. The molecule has 0 aliphatic carbocycles. The molecule has 0 unspecified atom stereocenters. The number of thioether (sulfide) groups is 2. The summed E-state index contributed by atoms with van der Waals surface area (Å²) in [5.74, 6) is -1.42. The summed E-state index contributed by atoms with van der Waals surface area (Å²) in [7, 11) is 0. The van der Waals surface area contributed by atoms with Crippen LogP contribution in [0.4, 0.5) is 0 Å². The van der Waals surface area contributed by atoms with Crippen molar-refractivity contribution in [3.63, 3.8) is 0 Å². The van der Waals surface area contributed by atoms with E-state index >= 15 is 0 Å². The van der Waals surface area contributed by atoms with Crippen LogP contribution in [0.2, 0.25) is 0 Å². The van der Waals surface area contributed by atoms with Crippen LogP contribution in [0.15, 0.2) is 9.93 Å². The molecule has 2 aliphatic heterocycles. The van der Waals surface area contributed by atoms with Gasteiger partial charge in [-0.3, -0.25) is 14.5 Å². The molecule has 0 bridgehead atoms. The monoisotopic (exact) mass is 338 g/mol. The van der Waals surface area contributed by atoms with Gasteiger partial charge in [0.15, 0.2) is 0 Å². The summed E-state index contributed by atoms with van der Waals surface area (Å²) in [4.78, 5) is 37.4. The van der Waals surface area contributed by atoms with Crippen LogP contribution in [-0.4, -0.2) is 51.8 Å². The molecule has 0 aromatic carbocycles. The normalized spacial score (nSPS) is 19.8. The van der Waals surface area contributed by atoms with Gasteiger partial charge >= 0.3 is 29.6 Å². The van der Waals surface area contributed by atoms with Gasteiger partial charge < -0.3 is 14.8 Å². The molecule has 2 heterocycles. The fourth-order valence-electron chi connectivity index (χ4n) is 2.11. The van der Waals surface area contributed by atoms with Crippen LogP contribution in [0, 0.1) is 0 Å². The van der Waals surface area contributed by atoms with E-state index in [0.717, 1.165) is 0 Å². The molecule has 9 heteroatoms. The Kier molecular flexibility index (Phi) is 7.12. The van der Waals surface area contributed by atoms with E-state index in [-0.39, 0.29) is 58.2 Å². The molecule has 0 spiro atoms. The average molecular weight is 338 g/mol. The van der Waals surface area contributed by atoms with Gasteiger partial charge in [-0.25, -0.2) is 0 Å². The minimum atomic E-state index is -1.36. The van der Waals surface area contributed by atoms with Gasteiger partial charge in [0, 0.05) is 13.1 Å². The Labute approximate surface area is 154 Å². The Morgan fingerprint density at radius 2 is 2.05 bits per heavy atom. The van der Waals surface area contributed by atoms with Gasteiger partial charge in [0.25, 0.3) is 0 Å². The van der Waals surface area contributed by atoms with Crippen LogP contribution < -0.4 is 34.7 Å². The van der Waals surface area contributed by atoms with Gasteiger partial charge in [0.05, 0.1) is 33.5 Å². The maximum absolute atomic E-state index is 11.9. The quantitative estimate of drug-likeness (QED) is 0.375. The molecule has 21 heavy (non-hydrogen) atoms. The average Bonchev–Trinajstić information content (AvgIpc) is 2.70. The van der Waals surface area contributed by atoms with Gasteiger partial charge in [-0.15, -0.1) is 11.8 Å².